The van der Waals surface area contributed by atoms with Gasteiger partial charge in [-0.1, -0.05) is 29.3 Å². The summed E-state index contributed by atoms with van der Waals surface area (Å²) < 4.78 is 5.16. The minimum atomic E-state index is -0.649. The molecule has 0 aromatic heterocycles. The van der Waals surface area contributed by atoms with Crippen LogP contribution in [0.4, 0.5) is 5.69 Å². The van der Waals surface area contributed by atoms with E-state index in [0.717, 1.165) is 6.21 Å². The Morgan fingerprint density at radius 3 is 2.81 bits per heavy atom. The van der Waals surface area contributed by atoms with Crippen LogP contribution in [-0.2, 0) is 4.79 Å². The Morgan fingerprint density at radius 2 is 2.12 bits per heavy atom. The topological polar surface area (TPSA) is 114 Å². The number of carbonyl (C=O) groups excluding carboxylic acids is 1. The van der Waals surface area contributed by atoms with E-state index in [1.165, 1.54) is 24.3 Å². The van der Waals surface area contributed by atoms with Crippen LogP contribution >= 0.6 is 23.2 Å². The molecule has 0 aliphatic carbocycles. The maximum absolute atomic E-state index is 11.7. The number of hydrogen-bond acceptors (Lipinski definition) is 6. The molecule has 0 bridgehead atoms. The molecule has 0 spiro atoms. The van der Waals surface area contributed by atoms with Gasteiger partial charge < -0.3 is 9.84 Å². The van der Waals surface area contributed by atoms with Gasteiger partial charge in [-0.05, 0) is 30.7 Å². The van der Waals surface area contributed by atoms with Gasteiger partial charge in [-0.25, -0.2) is 5.43 Å². The number of benzene rings is 2. The van der Waals surface area contributed by atoms with E-state index in [9.17, 15) is 20.0 Å². The van der Waals surface area contributed by atoms with Gasteiger partial charge in [-0.2, -0.15) is 5.10 Å². The number of nitro groups is 1. The van der Waals surface area contributed by atoms with Crippen molar-refractivity contribution >= 4 is 41.0 Å². The number of aromatic hydroxyl groups is 1. The Labute approximate surface area is 158 Å². The second-order valence-corrected chi connectivity index (χ2v) is 5.98. The second-order valence-electron chi connectivity index (χ2n) is 5.14. The normalized spacial score (nSPS) is 10.7. The Kier molecular flexibility index (Phi) is 6.37. The first-order valence-electron chi connectivity index (χ1n) is 7.15. The molecule has 2 rings (SSSR count). The zero-order valence-corrected chi connectivity index (χ0v) is 14.9. The SMILES string of the molecule is Cc1ccc(OCC(=O)N/N=C/c2cc(Cl)cc(Cl)c2O)c([N+](=O)[O-])c1. The Balaban J connectivity index is 1.97. The summed E-state index contributed by atoms with van der Waals surface area (Å²) in [7, 11) is 0. The molecule has 0 saturated carbocycles. The predicted octanol–water partition coefficient (Wildman–Crippen LogP) is 3.44. The standard InChI is InChI=1S/C16H13Cl2N3O5/c1-9-2-3-14(13(4-9)21(24)25)26-8-15(22)20-19-7-10-5-11(17)6-12(18)16(10)23/h2-7,23H,8H2,1H3,(H,20,22)/b19-7+. The number of amides is 1. The summed E-state index contributed by atoms with van der Waals surface area (Å²) in [6.07, 6.45) is 1.15. The summed E-state index contributed by atoms with van der Waals surface area (Å²) >= 11 is 11.6. The van der Waals surface area contributed by atoms with E-state index >= 15 is 0 Å². The van der Waals surface area contributed by atoms with E-state index < -0.39 is 17.4 Å². The lowest BCUT2D eigenvalue weighted by molar-refractivity contribution is -0.385. The molecule has 0 atom stereocenters. The lowest BCUT2D eigenvalue weighted by Gasteiger charge is -2.06. The highest BCUT2D eigenvalue weighted by Crippen LogP contribution is 2.30. The van der Waals surface area contributed by atoms with Gasteiger partial charge in [0.1, 0.15) is 5.75 Å². The van der Waals surface area contributed by atoms with Crippen LogP contribution < -0.4 is 10.2 Å². The smallest absolute Gasteiger partial charge is 0.311 e. The van der Waals surface area contributed by atoms with Gasteiger partial charge in [0.05, 0.1) is 16.2 Å². The largest absolute Gasteiger partial charge is 0.506 e. The zero-order chi connectivity index (χ0) is 19.3. The van der Waals surface area contributed by atoms with E-state index in [-0.39, 0.29) is 32.8 Å². The van der Waals surface area contributed by atoms with Crippen molar-refractivity contribution in [2.45, 2.75) is 6.92 Å². The van der Waals surface area contributed by atoms with Gasteiger partial charge in [0, 0.05) is 16.7 Å². The summed E-state index contributed by atoms with van der Waals surface area (Å²) in [5.41, 5.74) is 2.83. The van der Waals surface area contributed by atoms with Crippen molar-refractivity contribution in [3.05, 3.63) is 61.6 Å². The summed E-state index contributed by atoms with van der Waals surface area (Å²) in [5.74, 6) is -0.914. The number of ether oxygens (including phenoxy) is 1. The van der Waals surface area contributed by atoms with Crippen LogP contribution in [0.5, 0.6) is 11.5 Å². The van der Waals surface area contributed by atoms with E-state index in [1.54, 1.807) is 13.0 Å². The zero-order valence-electron chi connectivity index (χ0n) is 13.4. The van der Waals surface area contributed by atoms with E-state index in [4.69, 9.17) is 27.9 Å². The first-order valence-corrected chi connectivity index (χ1v) is 7.91. The van der Waals surface area contributed by atoms with Crippen LogP contribution in [0.1, 0.15) is 11.1 Å². The maximum Gasteiger partial charge on any atom is 0.311 e. The number of hydrazone groups is 1. The highest BCUT2D eigenvalue weighted by molar-refractivity contribution is 6.36. The molecule has 136 valence electrons. The molecule has 0 saturated heterocycles. The van der Waals surface area contributed by atoms with Crippen molar-refractivity contribution in [2.24, 2.45) is 5.10 Å². The molecule has 0 fully saturated rings. The molecular weight excluding hydrogens is 385 g/mol. The van der Waals surface area contributed by atoms with Gasteiger partial charge in [0.25, 0.3) is 5.91 Å². The van der Waals surface area contributed by atoms with Crippen LogP contribution in [0, 0.1) is 17.0 Å². The van der Waals surface area contributed by atoms with Gasteiger partial charge in [0.15, 0.2) is 12.4 Å². The average Bonchev–Trinajstić information content (AvgIpc) is 2.57. The third-order valence-corrected chi connectivity index (χ3v) is 3.63. The van der Waals surface area contributed by atoms with Crippen molar-refractivity contribution in [1.82, 2.24) is 5.43 Å². The number of nitro benzene ring substituents is 1. The third-order valence-electron chi connectivity index (χ3n) is 3.12. The van der Waals surface area contributed by atoms with Gasteiger partial charge >= 0.3 is 5.69 Å². The molecule has 8 nitrogen and oxygen atoms in total. The number of halogens is 2. The third kappa shape index (κ3) is 5.08. The highest BCUT2D eigenvalue weighted by Gasteiger charge is 2.16. The summed E-state index contributed by atoms with van der Waals surface area (Å²) in [4.78, 5) is 22.1. The summed E-state index contributed by atoms with van der Waals surface area (Å²) in [6, 6.07) is 7.15. The quantitative estimate of drug-likeness (QED) is 0.440. The number of rotatable bonds is 6. The monoisotopic (exact) mass is 397 g/mol. The number of aryl methyl sites for hydroxylation is 1. The van der Waals surface area contributed by atoms with Crippen molar-refractivity contribution in [1.29, 1.82) is 0 Å². The van der Waals surface area contributed by atoms with Crippen LogP contribution in [0.2, 0.25) is 10.0 Å². The average molecular weight is 398 g/mol. The minimum Gasteiger partial charge on any atom is -0.506 e. The van der Waals surface area contributed by atoms with Crippen molar-refractivity contribution in [2.75, 3.05) is 6.61 Å². The van der Waals surface area contributed by atoms with Crippen LogP contribution in [0.15, 0.2) is 35.4 Å². The molecule has 2 aromatic rings. The Morgan fingerprint density at radius 1 is 1.38 bits per heavy atom. The van der Waals surface area contributed by atoms with Crippen LogP contribution in [-0.4, -0.2) is 28.8 Å². The number of nitrogens with one attached hydrogen (secondary N) is 1. The Bertz CT molecular complexity index is 886. The number of phenolic OH excluding ortho intramolecular Hbond substituents is 1. The maximum atomic E-state index is 11.7. The molecule has 1 amide bonds. The van der Waals surface area contributed by atoms with E-state index in [1.807, 2.05) is 0 Å². The molecule has 0 aliphatic rings. The molecular formula is C16H13Cl2N3O5. The lowest BCUT2D eigenvalue weighted by atomic mass is 10.2. The van der Waals surface area contributed by atoms with Crippen LogP contribution in [0.25, 0.3) is 0 Å². The molecule has 2 aromatic carbocycles. The van der Waals surface area contributed by atoms with Gasteiger partial charge in [-0.3, -0.25) is 14.9 Å². The van der Waals surface area contributed by atoms with Crippen molar-refractivity contribution < 1.29 is 19.6 Å². The molecule has 10 heteroatoms. The number of carbonyl (C=O) groups is 1. The Hall–Kier alpha value is -2.84. The molecule has 0 radical (unpaired) electrons. The van der Waals surface area contributed by atoms with Crippen molar-refractivity contribution in [3.8, 4) is 11.5 Å². The molecule has 0 heterocycles. The fourth-order valence-electron chi connectivity index (χ4n) is 1.93. The molecule has 0 unspecified atom stereocenters. The predicted molar refractivity (Wildman–Crippen MR) is 97.2 cm³/mol. The van der Waals surface area contributed by atoms with Crippen LogP contribution in [0.3, 0.4) is 0 Å². The molecule has 0 aliphatic heterocycles. The lowest BCUT2D eigenvalue weighted by Crippen LogP contribution is -2.24. The number of hydrogen-bond donors (Lipinski definition) is 2. The number of phenols is 1. The summed E-state index contributed by atoms with van der Waals surface area (Å²) in [5, 5.41) is 24.7. The van der Waals surface area contributed by atoms with Crippen molar-refractivity contribution in [3.63, 3.8) is 0 Å². The molecule has 2 N–H and O–H groups in total. The van der Waals surface area contributed by atoms with Gasteiger partial charge in [0.2, 0.25) is 0 Å². The molecule has 26 heavy (non-hydrogen) atoms. The van der Waals surface area contributed by atoms with E-state index in [2.05, 4.69) is 10.5 Å². The second kappa shape index (κ2) is 8.50. The summed E-state index contributed by atoms with van der Waals surface area (Å²) in [6.45, 7) is 1.22. The van der Waals surface area contributed by atoms with E-state index in [0.29, 0.717) is 5.56 Å². The first-order chi connectivity index (χ1) is 12.3. The van der Waals surface area contributed by atoms with Gasteiger partial charge in [-0.15, -0.1) is 0 Å². The fourth-order valence-corrected chi connectivity index (χ4v) is 2.43. The highest BCUT2D eigenvalue weighted by atomic mass is 35.5. The first kappa shape index (κ1) is 19.5. The minimum absolute atomic E-state index is 0.0287. The fraction of sp³-hybridized carbons (Fsp3) is 0.125. The number of nitrogens with zero attached hydrogens (tertiary/aromatic N) is 2.